The van der Waals surface area contributed by atoms with Gasteiger partial charge in [-0.15, -0.1) is 0 Å². The van der Waals surface area contributed by atoms with Crippen molar-refractivity contribution < 1.29 is 9.13 Å². The van der Waals surface area contributed by atoms with Crippen molar-refractivity contribution in [3.63, 3.8) is 0 Å². The van der Waals surface area contributed by atoms with Crippen LogP contribution in [0.5, 0.6) is 5.75 Å². The smallest absolute Gasteiger partial charge is 0.137 e. The van der Waals surface area contributed by atoms with Crippen LogP contribution in [-0.2, 0) is 13.2 Å². The van der Waals surface area contributed by atoms with Crippen molar-refractivity contribution in [2.24, 2.45) is 0 Å². The summed E-state index contributed by atoms with van der Waals surface area (Å²) < 4.78 is 21.9. The first-order valence-electron chi connectivity index (χ1n) is 9.36. The van der Waals surface area contributed by atoms with E-state index < -0.39 is 0 Å². The lowest BCUT2D eigenvalue weighted by molar-refractivity contribution is 0.150. The predicted molar refractivity (Wildman–Crippen MR) is 108 cm³/mol. The van der Waals surface area contributed by atoms with Crippen LogP contribution in [0.4, 0.5) is 4.39 Å². The minimum Gasteiger partial charge on any atom is -0.487 e. The van der Waals surface area contributed by atoms with E-state index in [1.807, 2.05) is 44.2 Å². The Bertz CT molecular complexity index is 763. The van der Waals surface area contributed by atoms with Crippen LogP contribution in [0, 0.1) is 19.7 Å². The summed E-state index contributed by atoms with van der Waals surface area (Å²) in [7, 11) is 0. The van der Waals surface area contributed by atoms with Crippen LogP contribution < -0.4 is 4.74 Å². The molecule has 2 aromatic rings. The van der Waals surface area contributed by atoms with Crippen LogP contribution in [0.15, 0.2) is 34.8 Å². The minimum atomic E-state index is -0.112. The number of likely N-dealkylation sites (tertiary alicyclic amines) is 1. The maximum absolute atomic E-state index is 15.0. The molecule has 26 heavy (non-hydrogen) atoms. The van der Waals surface area contributed by atoms with E-state index in [0.29, 0.717) is 30.3 Å². The lowest BCUT2D eigenvalue weighted by Crippen LogP contribution is -2.37. The Kier molecular flexibility index (Phi) is 6.36. The van der Waals surface area contributed by atoms with Gasteiger partial charge < -0.3 is 4.74 Å². The lowest BCUT2D eigenvalue weighted by atomic mass is 10.00. The zero-order chi connectivity index (χ0) is 18.7. The standard InChI is InChI=1S/C22H27BrFNO/c1-15-9-7-8-12-25(15)13-19-20(23)22(17(3)16(2)21(19)24)26-14-18-10-5-4-6-11-18/h4-6,10-11,15H,7-9,12-14H2,1-3H3. The van der Waals surface area contributed by atoms with Gasteiger partial charge in [0.2, 0.25) is 0 Å². The third-order valence-corrected chi connectivity index (χ3v) is 6.33. The highest BCUT2D eigenvalue weighted by Crippen LogP contribution is 2.38. The average Bonchev–Trinajstić information content (AvgIpc) is 2.66. The highest BCUT2D eigenvalue weighted by Gasteiger charge is 2.25. The Balaban J connectivity index is 1.88. The van der Waals surface area contributed by atoms with Crippen LogP contribution in [0.1, 0.15) is 48.4 Å². The number of nitrogens with zero attached hydrogens (tertiary/aromatic N) is 1. The fourth-order valence-corrected chi connectivity index (χ4v) is 4.31. The second-order valence-corrected chi connectivity index (χ2v) is 8.07. The Morgan fingerprint density at radius 3 is 2.58 bits per heavy atom. The summed E-state index contributed by atoms with van der Waals surface area (Å²) in [6.45, 7) is 8.13. The van der Waals surface area contributed by atoms with Gasteiger partial charge in [-0.25, -0.2) is 4.39 Å². The Hall–Kier alpha value is -1.39. The van der Waals surface area contributed by atoms with Gasteiger partial charge in [-0.1, -0.05) is 36.8 Å². The minimum absolute atomic E-state index is 0.112. The molecule has 1 aliphatic rings. The third-order valence-electron chi connectivity index (χ3n) is 5.49. The fourth-order valence-electron chi connectivity index (χ4n) is 3.60. The first-order valence-corrected chi connectivity index (χ1v) is 10.2. The van der Waals surface area contributed by atoms with E-state index in [-0.39, 0.29) is 5.82 Å². The fraction of sp³-hybridized carbons (Fsp3) is 0.455. The van der Waals surface area contributed by atoms with Crippen molar-refractivity contribution in [1.82, 2.24) is 4.90 Å². The van der Waals surface area contributed by atoms with Gasteiger partial charge in [0.1, 0.15) is 18.2 Å². The molecule has 0 aromatic heterocycles. The van der Waals surface area contributed by atoms with E-state index >= 15 is 4.39 Å². The predicted octanol–water partition coefficient (Wildman–Crippen LogP) is 6.16. The number of ether oxygens (including phenoxy) is 1. The molecular formula is C22H27BrFNO. The van der Waals surface area contributed by atoms with Crippen LogP contribution in [0.3, 0.4) is 0 Å². The number of halogens is 2. The van der Waals surface area contributed by atoms with E-state index in [1.54, 1.807) is 0 Å². The van der Waals surface area contributed by atoms with E-state index in [9.17, 15) is 0 Å². The van der Waals surface area contributed by atoms with Crippen molar-refractivity contribution in [2.45, 2.75) is 59.2 Å². The van der Waals surface area contributed by atoms with Gasteiger partial charge in [0.05, 0.1) is 4.47 Å². The first-order chi connectivity index (χ1) is 12.5. The highest BCUT2D eigenvalue weighted by molar-refractivity contribution is 9.10. The van der Waals surface area contributed by atoms with Gasteiger partial charge >= 0.3 is 0 Å². The molecule has 3 rings (SSSR count). The molecule has 0 aliphatic carbocycles. The molecule has 1 atom stereocenters. The van der Waals surface area contributed by atoms with E-state index in [2.05, 4.69) is 27.8 Å². The van der Waals surface area contributed by atoms with Gasteiger partial charge in [0, 0.05) is 18.2 Å². The van der Waals surface area contributed by atoms with Crippen molar-refractivity contribution >= 4 is 15.9 Å². The average molecular weight is 420 g/mol. The van der Waals surface area contributed by atoms with Crippen LogP contribution in [-0.4, -0.2) is 17.5 Å². The monoisotopic (exact) mass is 419 g/mol. The number of piperidine rings is 1. The summed E-state index contributed by atoms with van der Waals surface area (Å²) in [6, 6.07) is 10.6. The number of rotatable bonds is 5. The molecule has 0 bridgehead atoms. The summed E-state index contributed by atoms with van der Waals surface area (Å²) in [6.07, 6.45) is 3.63. The van der Waals surface area contributed by atoms with Crippen LogP contribution in [0.25, 0.3) is 0 Å². The van der Waals surface area contributed by atoms with Crippen molar-refractivity contribution in [1.29, 1.82) is 0 Å². The maximum atomic E-state index is 15.0. The summed E-state index contributed by atoms with van der Waals surface area (Å²) in [5, 5.41) is 0. The molecule has 0 radical (unpaired) electrons. The van der Waals surface area contributed by atoms with Crippen LogP contribution >= 0.6 is 15.9 Å². The summed E-state index contributed by atoms with van der Waals surface area (Å²) in [5.74, 6) is 0.645. The SMILES string of the molecule is Cc1c(C)c(OCc2ccccc2)c(Br)c(CN2CCCCC2C)c1F. The number of hydrogen-bond donors (Lipinski definition) is 0. The van der Waals surface area contributed by atoms with Gasteiger partial charge in [-0.05, 0) is 72.8 Å². The summed E-state index contributed by atoms with van der Waals surface area (Å²) in [5.41, 5.74) is 3.36. The molecule has 1 fully saturated rings. The number of hydrogen-bond acceptors (Lipinski definition) is 2. The van der Waals surface area contributed by atoms with Crippen LogP contribution in [0.2, 0.25) is 0 Å². The Labute approximate surface area is 164 Å². The first kappa shape index (κ1) is 19.4. The van der Waals surface area contributed by atoms with Crippen molar-refractivity contribution in [2.75, 3.05) is 6.54 Å². The van der Waals surface area contributed by atoms with E-state index in [1.165, 1.54) is 19.3 Å². The van der Waals surface area contributed by atoms with Gasteiger partial charge in [0.15, 0.2) is 0 Å². The molecular weight excluding hydrogens is 393 g/mol. The molecule has 1 aliphatic heterocycles. The van der Waals surface area contributed by atoms with Gasteiger partial charge in [0.25, 0.3) is 0 Å². The summed E-state index contributed by atoms with van der Waals surface area (Å²) in [4.78, 5) is 2.38. The number of benzene rings is 2. The van der Waals surface area contributed by atoms with Crippen molar-refractivity contribution in [3.05, 3.63) is 62.9 Å². The molecule has 0 amide bonds. The molecule has 1 unspecified atom stereocenters. The molecule has 4 heteroatoms. The Morgan fingerprint density at radius 2 is 1.88 bits per heavy atom. The molecule has 0 N–H and O–H groups in total. The topological polar surface area (TPSA) is 12.5 Å². The van der Waals surface area contributed by atoms with E-state index in [0.717, 1.165) is 27.9 Å². The third kappa shape index (κ3) is 4.12. The maximum Gasteiger partial charge on any atom is 0.137 e. The molecule has 1 heterocycles. The molecule has 0 spiro atoms. The van der Waals surface area contributed by atoms with Gasteiger partial charge in [-0.2, -0.15) is 0 Å². The molecule has 0 saturated carbocycles. The van der Waals surface area contributed by atoms with E-state index in [4.69, 9.17) is 4.74 Å². The molecule has 1 saturated heterocycles. The zero-order valence-electron chi connectivity index (χ0n) is 15.8. The normalized spacial score (nSPS) is 18.1. The molecule has 2 nitrogen and oxygen atoms in total. The zero-order valence-corrected chi connectivity index (χ0v) is 17.4. The molecule has 2 aromatic carbocycles. The Morgan fingerprint density at radius 1 is 1.15 bits per heavy atom. The van der Waals surface area contributed by atoms with Crippen molar-refractivity contribution in [3.8, 4) is 5.75 Å². The second-order valence-electron chi connectivity index (χ2n) is 7.28. The van der Waals surface area contributed by atoms with Gasteiger partial charge in [-0.3, -0.25) is 4.90 Å². The quantitative estimate of drug-likeness (QED) is 0.575. The summed E-state index contributed by atoms with van der Waals surface area (Å²) >= 11 is 3.65. The second kappa shape index (κ2) is 8.53. The molecule has 140 valence electrons. The highest BCUT2D eigenvalue weighted by atomic mass is 79.9. The largest absolute Gasteiger partial charge is 0.487 e. The lowest BCUT2D eigenvalue weighted by Gasteiger charge is -2.34.